The van der Waals surface area contributed by atoms with Crippen LogP contribution >= 0.6 is 0 Å². The van der Waals surface area contributed by atoms with Gasteiger partial charge in [0.2, 0.25) is 0 Å². The minimum atomic E-state index is 0.267. The van der Waals surface area contributed by atoms with Crippen molar-refractivity contribution in [1.29, 1.82) is 0 Å². The Morgan fingerprint density at radius 1 is 1.47 bits per heavy atom. The maximum Gasteiger partial charge on any atom is 0.0544 e. The smallest absolute Gasteiger partial charge is 0.0544 e. The highest BCUT2D eigenvalue weighted by Crippen LogP contribution is 2.31. The van der Waals surface area contributed by atoms with Crippen molar-refractivity contribution in [2.24, 2.45) is 11.7 Å². The minimum absolute atomic E-state index is 0.267. The number of hydrogen-bond donors (Lipinski definition) is 1. The number of rotatable bonds is 3. The average molecular weight is 233 g/mol. The van der Waals surface area contributed by atoms with Crippen LogP contribution in [0.25, 0.3) is 0 Å². The first-order valence-corrected chi connectivity index (χ1v) is 6.47. The fourth-order valence-corrected chi connectivity index (χ4v) is 2.52. The van der Waals surface area contributed by atoms with Crippen LogP contribution in [0.2, 0.25) is 0 Å². The third-order valence-corrected chi connectivity index (χ3v) is 3.91. The van der Waals surface area contributed by atoms with Crippen LogP contribution in [0.3, 0.4) is 0 Å². The zero-order valence-electron chi connectivity index (χ0n) is 10.9. The molecule has 1 unspecified atom stereocenters. The van der Waals surface area contributed by atoms with E-state index in [1.165, 1.54) is 12.8 Å². The monoisotopic (exact) mass is 233 g/mol. The van der Waals surface area contributed by atoms with Gasteiger partial charge in [0.05, 0.1) is 5.69 Å². The Hall–Kier alpha value is -0.930. The van der Waals surface area contributed by atoms with E-state index in [0.717, 1.165) is 25.3 Å². The Morgan fingerprint density at radius 3 is 2.94 bits per heavy atom. The number of nitrogens with two attached hydrogens (primary N) is 1. The van der Waals surface area contributed by atoms with Crippen LogP contribution in [0.15, 0.2) is 24.4 Å². The normalized spacial score (nSPS) is 24.8. The lowest BCUT2D eigenvalue weighted by molar-refractivity contribution is 0.0392. The highest BCUT2D eigenvalue weighted by atomic mass is 15.2. The number of likely N-dealkylation sites (tertiary alicyclic amines) is 1. The summed E-state index contributed by atoms with van der Waals surface area (Å²) in [6.07, 6.45) is 4.34. The molecule has 3 heteroatoms. The molecule has 3 nitrogen and oxygen atoms in total. The molecule has 2 N–H and O–H groups in total. The van der Waals surface area contributed by atoms with Gasteiger partial charge < -0.3 is 5.73 Å². The van der Waals surface area contributed by atoms with Gasteiger partial charge in [-0.15, -0.1) is 0 Å². The van der Waals surface area contributed by atoms with Gasteiger partial charge in [-0.2, -0.15) is 0 Å². The topological polar surface area (TPSA) is 42.1 Å². The number of piperidine rings is 1. The summed E-state index contributed by atoms with van der Waals surface area (Å²) in [5.41, 5.74) is 7.22. The largest absolute Gasteiger partial charge is 0.330 e. The van der Waals surface area contributed by atoms with E-state index in [2.05, 4.69) is 35.9 Å². The molecule has 17 heavy (non-hydrogen) atoms. The van der Waals surface area contributed by atoms with Crippen molar-refractivity contribution in [3.63, 3.8) is 0 Å². The molecule has 94 valence electrons. The summed E-state index contributed by atoms with van der Waals surface area (Å²) in [5, 5.41) is 0. The Bertz CT molecular complexity index is 348. The van der Waals surface area contributed by atoms with Gasteiger partial charge in [-0.3, -0.25) is 9.88 Å². The molecule has 0 aliphatic carbocycles. The van der Waals surface area contributed by atoms with E-state index in [0.29, 0.717) is 5.92 Å². The summed E-state index contributed by atoms with van der Waals surface area (Å²) in [5.74, 6) is 0.645. The molecule has 2 heterocycles. The predicted molar refractivity (Wildman–Crippen MR) is 70.5 cm³/mol. The van der Waals surface area contributed by atoms with E-state index < -0.39 is 0 Å². The number of aromatic nitrogens is 1. The number of hydrogen-bond acceptors (Lipinski definition) is 3. The van der Waals surface area contributed by atoms with Gasteiger partial charge in [-0.05, 0) is 51.3 Å². The molecule has 0 amide bonds. The van der Waals surface area contributed by atoms with Crippen LogP contribution in [0.1, 0.15) is 32.4 Å². The Morgan fingerprint density at radius 2 is 2.29 bits per heavy atom. The second kappa shape index (κ2) is 5.15. The maximum atomic E-state index is 5.81. The zero-order chi connectivity index (χ0) is 12.3. The zero-order valence-corrected chi connectivity index (χ0v) is 10.9. The van der Waals surface area contributed by atoms with E-state index in [9.17, 15) is 0 Å². The molecule has 1 aromatic rings. The first-order valence-electron chi connectivity index (χ1n) is 6.47. The van der Waals surface area contributed by atoms with Crippen molar-refractivity contribution in [2.45, 2.75) is 38.8 Å². The van der Waals surface area contributed by atoms with Crippen LogP contribution in [0, 0.1) is 5.92 Å². The van der Waals surface area contributed by atoms with Gasteiger partial charge in [-0.1, -0.05) is 6.07 Å². The number of pyridine rings is 1. The standard InChI is InChI=1S/C14H23N3/c1-14(2)7-6-12(9-15)10-17(14)11-13-5-3-4-8-16-13/h3-5,8,12H,6-7,9-11,15H2,1-2H3. The van der Waals surface area contributed by atoms with E-state index in [-0.39, 0.29) is 5.54 Å². The molecule has 1 aliphatic rings. The van der Waals surface area contributed by atoms with Gasteiger partial charge >= 0.3 is 0 Å². The van der Waals surface area contributed by atoms with Crippen LogP contribution in [-0.2, 0) is 6.54 Å². The molecule has 1 saturated heterocycles. The van der Waals surface area contributed by atoms with Gasteiger partial charge in [0, 0.05) is 24.8 Å². The Labute approximate surface area is 104 Å². The molecular weight excluding hydrogens is 210 g/mol. The summed E-state index contributed by atoms with van der Waals surface area (Å²) < 4.78 is 0. The second-order valence-electron chi connectivity index (χ2n) is 5.65. The third kappa shape index (κ3) is 3.05. The van der Waals surface area contributed by atoms with E-state index in [1.54, 1.807) is 0 Å². The molecule has 0 radical (unpaired) electrons. The van der Waals surface area contributed by atoms with Gasteiger partial charge in [0.1, 0.15) is 0 Å². The highest BCUT2D eigenvalue weighted by molar-refractivity contribution is 5.05. The van der Waals surface area contributed by atoms with Crippen LogP contribution in [-0.4, -0.2) is 28.5 Å². The summed E-state index contributed by atoms with van der Waals surface area (Å²) >= 11 is 0. The maximum absolute atomic E-state index is 5.81. The molecule has 0 aromatic carbocycles. The van der Waals surface area contributed by atoms with E-state index in [1.807, 2.05) is 12.3 Å². The lowest BCUT2D eigenvalue weighted by Crippen LogP contribution is -2.51. The molecule has 0 bridgehead atoms. The molecule has 1 aliphatic heterocycles. The van der Waals surface area contributed by atoms with Crippen molar-refractivity contribution in [3.05, 3.63) is 30.1 Å². The minimum Gasteiger partial charge on any atom is -0.330 e. The van der Waals surface area contributed by atoms with Crippen LogP contribution in [0.4, 0.5) is 0 Å². The molecule has 0 spiro atoms. The van der Waals surface area contributed by atoms with Crippen molar-refractivity contribution in [1.82, 2.24) is 9.88 Å². The highest BCUT2D eigenvalue weighted by Gasteiger charge is 2.33. The quantitative estimate of drug-likeness (QED) is 0.868. The van der Waals surface area contributed by atoms with E-state index in [4.69, 9.17) is 5.73 Å². The van der Waals surface area contributed by atoms with Crippen molar-refractivity contribution in [3.8, 4) is 0 Å². The number of nitrogens with zero attached hydrogens (tertiary/aromatic N) is 2. The average Bonchev–Trinajstić information content (AvgIpc) is 2.33. The summed E-state index contributed by atoms with van der Waals surface area (Å²) in [6, 6.07) is 6.12. The lowest BCUT2D eigenvalue weighted by atomic mass is 9.84. The van der Waals surface area contributed by atoms with Gasteiger partial charge in [-0.25, -0.2) is 0 Å². The molecular formula is C14H23N3. The predicted octanol–water partition coefficient (Wildman–Crippen LogP) is 2.03. The fourth-order valence-electron chi connectivity index (χ4n) is 2.52. The second-order valence-corrected chi connectivity index (χ2v) is 5.65. The summed E-state index contributed by atoms with van der Waals surface area (Å²) in [4.78, 5) is 6.94. The van der Waals surface area contributed by atoms with E-state index >= 15 is 0 Å². The molecule has 2 rings (SSSR count). The van der Waals surface area contributed by atoms with Crippen LogP contribution < -0.4 is 5.73 Å². The van der Waals surface area contributed by atoms with Crippen molar-refractivity contribution >= 4 is 0 Å². The summed E-state index contributed by atoms with van der Waals surface area (Å²) in [7, 11) is 0. The van der Waals surface area contributed by atoms with Crippen molar-refractivity contribution in [2.75, 3.05) is 13.1 Å². The molecule has 1 aromatic heterocycles. The molecule has 1 fully saturated rings. The fraction of sp³-hybridized carbons (Fsp3) is 0.643. The Kier molecular flexibility index (Phi) is 3.79. The van der Waals surface area contributed by atoms with Crippen LogP contribution in [0.5, 0.6) is 0 Å². The SMILES string of the molecule is CC1(C)CCC(CN)CN1Cc1ccccn1. The van der Waals surface area contributed by atoms with Gasteiger partial charge in [0.15, 0.2) is 0 Å². The first-order chi connectivity index (χ1) is 8.12. The molecule has 1 atom stereocenters. The molecule has 0 saturated carbocycles. The summed E-state index contributed by atoms with van der Waals surface area (Å²) in [6.45, 7) is 7.48. The van der Waals surface area contributed by atoms with Crippen molar-refractivity contribution < 1.29 is 0 Å². The third-order valence-electron chi connectivity index (χ3n) is 3.91. The van der Waals surface area contributed by atoms with Gasteiger partial charge in [0.25, 0.3) is 0 Å². The lowest BCUT2D eigenvalue weighted by Gasteiger charge is -2.45. The Balaban J connectivity index is 2.06. The first kappa shape index (κ1) is 12.5.